The highest BCUT2D eigenvalue weighted by molar-refractivity contribution is 7.98. The Kier molecular flexibility index (Phi) is 5.76. The van der Waals surface area contributed by atoms with Gasteiger partial charge in [0.2, 0.25) is 0 Å². The zero-order valence-corrected chi connectivity index (χ0v) is 14.0. The second-order valence-corrected chi connectivity index (χ2v) is 5.69. The predicted octanol–water partition coefficient (Wildman–Crippen LogP) is 3.49. The lowest BCUT2D eigenvalue weighted by Crippen LogP contribution is -2.06. The van der Waals surface area contributed by atoms with Gasteiger partial charge < -0.3 is 19.3 Å². The van der Waals surface area contributed by atoms with E-state index < -0.39 is 5.97 Å². The normalized spacial score (nSPS) is 10.2. The Morgan fingerprint density at radius 3 is 2.26 bits per heavy atom. The Bertz CT molecular complexity index is 682. The third-order valence-electron chi connectivity index (χ3n) is 3.25. The number of aromatic hydroxyl groups is 1. The Hall–Kier alpha value is -2.34. The van der Waals surface area contributed by atoms with Gasteiger partial charge in [-0.3, -0.25) is 0 Å². The van der Waals surface area contributed by atoms with E-state index in [1.807, 2.05) is 24.3 Å². The first-order valence-electron chi connectivity index (χ1n) is 6.84. The number of thioether (sulfide) groups is 1. The minimum absolute atomic E-state index is 0.151. The van der Waals surface area contributed by atoms with Crippen LogP contribution < -0.4 is 9.47 Å². The summed E-state index contributed by atoms with van der Waals surface area (Å²) < 4.78 is 15.0. The molecule has 0 bridgehead atoms. The van der Waals surface area contributed by atoms with Crippen molar-refractivity contribution >= 4 is 17.7 Å². The van der Waals surface area contributed by atoms with Crippen molar-refractivity contribution < 1.29 is 24.1 Å². The summed E-state index contributed by atoms with van der Waals surface area (Å²) in [7, 11) is 4.41. The summed E-state index contributed by atoms with van der Waals surface area (Å²) in [6.07, 6.45) is 0. The third-order valence-corrected chi connectivity index (χ3v) is 4.31. The molecule has 0 aromatic heterocycles. The molecule has 2 aromatic rings. The molecule has 2 rings (SSSR count). The minimum Gasteiger partial charge on any atom is -0.507 e. The van der Waals surface area contributed by atoms with Crippen molar-refractivity contribution in [2.45, 2.75) is 10.6 Å². The predicted molar refractivity (Wildman–Crippen MR) is 88.6 cm³/mol. The summed E-state index contributed by atoms with van der Waals surface area (Å²) >= 11 is 1.53. The van der Waals surface area contributed by atoms with Gasteiger partial charge in [-0.25, -0.2) is 4.79 Å². The van der Waals surface area contributed by atoms with Crippen molar-refractivity contribution in [3.8, 4) is 17.2 Å². The molecule has 0 fully saturated rings. The van der Waals surface area contributed by atoms with Gasteiger partial charge in [0, 0.05) is 16.7 Å². The summed E-state index contributed by atoms with van der Waals surface area (Å²) in [5.74, 6) is 1.03. The van der Waals surface area contributed by atoms with Gasteiger partial charge >= 0.3 is 5.97 Å². The van der Waals surface area contributed by atoms with E-state index >= 15 is 0 Å². The van der Waals surface area contributed by atoms with Crippen LogP contribution in [0.4, 0.5) is 0 Å². The largest absolute Gasteiger partial charge is 0.507 e. The molecule has 0 aliphatic carbocycles. The van der Waals surface area contributed by atoms with Crippen LogP contribution in [-0.4, -0.2) is 32.4 Å². The van der Waals surface area contributed by atoms with Crippen LogP contribution in [0.5, 0.6) is 17.2 Å². The van der Waals surface area contributed by atoms with Crippen LogP contribution in [0.3, 0.4) is 0 Å². The third kappa shape index (κ3) is 4.10. The number of carbonyl (C=O) groups is 1. The van der Waals surface area contributed by atoms with Gasteiger partial charge in [0.1, 0.15) is 22.8 Å². The number of benzene rings is 2. The molecule has 0 unspecified atom stereocenters. The first kappa shape index (κ1) is 17.0. The number of phenols is 1. The van der Waals surface area contributed by atoms with E-state index in [-0.39, 0.29) is 11.3 Å². The Morgan fingerprint density at radius 1 is 1.04 bits per heavy atom. The second-order valence-electron chi connectivity index (χ2n) is 4.64. The molecule has 0 radical (unpaired) electrons. The van der Waals surface area contributed by atoms with Gasteiger partial charge in [-0.1, -0.05) is 0 Å². The quantitative estimate of drug-likeness (QED) is 0.644. The van der Waals surface area contributed by atoms with E-state index in [1.165, 1.54) is 32.0 Å². The molecule has 0 aliphatic heterocycles. The maximum Gasteiger partial charge on any atom is 0.341 e. The Balaban J connectivity index is 2.25. The molecular formula is C17H18O5S. The average molecular weight is 334 g/mol. The highest BCUT2D eigenvalue weighted by atomic mass is 32.2. The number of hydrogen-bond acceptors (Lipinski definition) is 6. The van der Waals surface area contributed by atoms with Crippen LogP contribution in [0.1, 0.15) is 15.9 Å². The van der Waals surface area contributed by atoms with Crippen LogP contribution >= 0.6 is 11.8 Å². The van der Waals surface area contributed by atoms with Gasteiger partial charge in [0.25, 0.3) is 0 Å². The van der Waals surface area contributed by atoms with Crippen molar-refractivity contribution in [1.29, 1.82) is 0 Å². The van der Waals surface area contributed by atoms with Gasteiger partial charge in [0.05, 0.1) is 21.3 Å². The molecule has 6 heteroatoms. The van der Waals surface area contributed by atoms with Gasteiger partial charge in [0.15, 0.2) is 0 Å². The summed E-state index contributed by atoms with van der Waals surface area (Å²) in [5.41, 5.74) is 0.809. The van der Waals surface area contributed by atoms with Crippen molar-refractivity contribution in [2.75, 3.05) is 21.3 Å². The first-order valence-corrected chi connectivity index (χ1v) is 7.82. The maximum atomic E-state index is 11.9. The fourth-order valence-corrected chi connectivity index (χ4v) is 2.94. The highest BCUT2D eigenvalue weighted by Crippen LogP contribution is 2.33. The van der Waals surface area contributed by atoms with Crippen molar-refractivity contribution in [3.63, 3.8) is 0 Å². The summed E-state index contributed by atoms with van der Waals surface area (Å²) in [4.78, 5) is 12.9. The van der Waals surface area contributed by atoms with Gasteiger partial charge in [-0.2, -0.15) is 0 Å². The number of hydrogen-bond donors (Lipinski definition) is 1. The van der Waals surface area contributed by atoms with Crippen LogP contribution in [0.2, 0.25) is 0 Å². The van der Waals surface area contributed by atoms with E-state index in [2.05, 4.69) is 0 Å². The van der Waals surface area contributed by atoms with Gasteiger partial charge in [-0.05, 0) is 35.9 Å². The molecule has 122 valence electrons. The topological polar surface area (TPSA) is 65.0 Å². The Labute approximate surface area is 139 Å². The van der Waals surface area contributed by atoms with E-state index in [9.17, 15) is 9.90 Å². The number of carbonyl (C=O) groups excluding carboxylic acids is 1. The molecule has 1 N–H and O–H groups in total. The van der Waals surface area contributed by atoms with E-state index in [1.54, 1.807) is 13.2 Å². The molecule has 23 heavy (non-hydrogen) atoms. The van der Waals surface area contributed by atoms with E-state index in [4.69, 9.17) is 14.2 Å². The molecule has 2 aromatic carbocycles. The lowest BCUT2D eigenvalue weighted by Gasteiger charge is -2.12. The second kappa shape index (κ2) is 7.78. The summed E-state index contributed by atoms with van der Waals surface area (Å²) in [5, 5.41) is 10.1. The number of esters is 1. The van der Waals surface area contributed by atoms with Crippen LogP contribution in [-0.2, 0) is 10.5 Å². The molecule has 5 nitrogen and oxygen atoms in total. The maximum absolute atomic E-state index is 11.9. The lowest BCUT2D eigenvalue weighted by molar-refractivity contribution is 0.0596. The number of rotatable bonds is 6. The Morgan fingerprint density at radius 2 is 1.70 bits per heavy atom. The standard InChI is InChI=1S/C17H18O5S/c1-20-12-4-6-14(7-5-12)23-10-11-8-13(21-2)9-15(18)16(11)17(19)22-3/h4-9,18H,10H2,1-3H3. The van der Waals surface area contributed by atoms with Crippen molar-refractivity contribution in [3.05, 3.63) is 47.5 Å². The minimum atomic E-state index is -0.574. The summed E-state index contributed by atoms with van der Waals surface area (Å²) in [6, 6.07) is 10.7. The van der Waals surface area contributed by atoms with E-state index in [0.717, 1.165) is 10.6 Å². The zero-order valence-electron chi connectivity index (χ0n) is 13.2. The van der Waals surface area contributed by atoms with Crippen LogP contribution in [0.15, 0.2) is 41.3 Å². The fraction of sp³-hybridized carbons (Fsp3) is 0.235. The zero-order chi connectivity index (χ0) is 16.8. The first-order chi connectivity index (χ1) is 11.1. The smallest absolute Gasteiger partial charge is 0.341 e. The number of methoxy groups -OCH3 is 3. The monoisotopic (exact) mass is 334 g/mol. The molecule has 0 aliphatic rings. The van der Waals surface area contributed by atoms with Crippen LogP contribution in [0, 0.1) is 0 Å². The fourth-order valence-electron chi connectivity index (χ4n) is 2.06. The average Bonchev–Trinajstić information content (AvgIpc) is 2.59. The number of ether oxygens (including phenoxy) is 3. The van der Waals surface area contributed by atoms with Crippen LogP contribution in [0.25, 0.3) is 0 Å². The lowest BCUT2D eigenvalue weighted by atomic mass is 10.1. The molecule has 0 saturated carbocycles. The van der Waals surface area contributed by atoms with E-state index in [0.29, 0.717) is 17.1 Å². The van der Waals surface area contributed by atoms with Gasteiger partial charge in [-0.15, -0.1) is 11.8 Å². The molecule has 0 heterocycles. The number of phenolic OH excluding ortho intramolecular Hbond substituents is 1. The van der Waals surface area contributed by atoms with Crippen molar-refractivity contribution in [1.82, 2.24) is 0 Å². The highest BCUT2D eigenvalue weighted by Gasteiger charge is 2.19. The molecule has 0 saturated heterocycles. The molecule has 0 amide bonds. The SMILES string of the molecule is COC(=O)c1c(O)cc(OC)cc1CSc1ccc(OC)cc1. The molecule has 0 atom stereocenters. The molecular weight excluding hydrogens is 316 g/mol. The molecule has 0 spiro atoms. The van der Waals surface area contributed by atoms with Crippen molar-refractivity contribution in [2.24, 2.45) is 0 Å². The summed E-state index contributed by atoms with van der Waals surface area (Å²) in [6.45, 7) is 0.